The zero-order valence-corrected chi connectivity index (χ0v) is 13.7. The number of carbonyl (C=O) groups excluding carboxylic acids is 2. The molecule has 0 aliphatic rings. The highest BCUT2D eigenvalue weighted by atomic mass is 79.9. The van der Waals surface area contributed by atoms with Gasteiger partial charge in [0.2, 0.25) is 0 Å². The molecule has 1 heterocycles. The lowest BCUT2D eigenvalue weighted by molar-refractivity contribution is 0.0397. The largest absolute Gasteiger partial charge is 0.386 e. The van der Waals surface area contributed by atoms with E-state index < -0.39 is 11.9 Å². The second kappa shape index (κ2) is 6.47. The first-order chi connectivity index (χ1) is 9.47. The molecule has 0 saturated heterocycles. The summed E-state index contributed by atoms with van der Waals surface area (Å²) in [5, 5.41) is 0.207. The van der Waals surface area contributed by atoms with Gasteiger partial charge in [-0.25, -0.2) is 9.59 Å². The van der Waals surface area contributed by atoms with E-state index in [1.807, 2.05) is 0 Å². The third-order valence-corrected chi connectivity index (χ3v) is 3.53. The maximum atomic E-state index is 11.9. The molecule has 0 radical (unpaired) electrons. The Morgan fingerprint density at radius 2 is 1.80 bits per heavy atom. The van der Waals surface area contributed by atoms with Crippen LogP contribution in [-0.2, 0) is 4.74 Å². The van der Waals surface area contributed by atoms with Crippen molar-refractivity contribution < 1.29 is 14.3 Å². The van der Waals surface area contributed by atoms with Gasteiger partial charge in [0.25, 0.3) is 0 Å². The molecule has 2 aromatic rings. The fraction of sp³-hybridized carbons (Fsp3) is 0. The van der Waals surface area contributed by atoms with Gasteiger partial charge in [0, 0.05) is 21.3 Å². The van der Waals surface area contributed by atoms with Crippen LogP contribution in [0.2, 0.25) is 5.02 Å². The SMILES string of the molecule is O=C(OC(=O)c1cc(Br)ccc1Cl)c1cncc(Br)c1. The zero-order chi connectivity index (χ0) is 14.7. The van der Waals surface area contributed by atoms with Crippen molar-refractivity contribution in [3.8, 4) is 0 Å². The van der Waals surface area contributed by atoms with E-state index in [0.717, 1.165) is 0 Å². The van der Waals surface area contributed by atoms with Gasteiger partial charge in [-0.1, -0.05) is 27.5 Å². The summed E-state index contributed by atoms with van der Waals surface area (Å²) in [6.07, 6.45) is 2.83. The molecule has 1 aromatic heterocycles. The Labute approximate surface area is 136 Å². The fourth-order valence-electron chi connectivity index (χ4n) is 1.38. The molecule has 0 unspecified atom stereocenters. The first kappa shape index (κ1) is 15.2. The van der Waals surface area contributed by atoms with E-state index in [4.69, 9.17) is 16.3 Å². The second-order valence-electron chi connectivity index (χ2n) is 3.69. The van der Waals surface area contributed by atoms with Crippen molar-refractivity contribution in [2.24, 2.45) is 0 Å². The van der Waals surface area contributed by atoms with Crippen molar-refractivity contribution in [1.82, 2.24) is 4.98 Å². The van der Waals surface area contributed by atoms with Gasteiger partial charge in [0.1, 0.15) is 0 Å². The van der Waals surface area contributed by atoms with Crippen molar-refractivity contribution in [1.29, 1.82) is 0 Å². The summed E-state index contributed by atoms with van der Waals surface area (Å²) in [5.74, 6) is -1.61. The van der Waals surface area contributed by atoms with E-state index in [1.165, 1.54) is 30.6 Å². The van der Waals surface area contributed by atoms with E-state index in [0.29, 0.717) is 8.95 Å². The van der Waals surface area contributed by atoms with Crippen LogP contribution in [-0.4, -0.2) is 16.9 Å². The third-order valence-electron chi connectivity index (χ3n) is 2.27. The molecule has 102 valence electrons. The number of benzene rings is 1. The number of carbonyl (C=O) groups is 2. The Morgan fingerprint density at radius 3 is 2.50 bits per heavy atom. The van der Waals surface area contributed by atoms with Gasteiger partial charge in [0.15, 0.2) is 0 Å². The van der Waals surface area contributed by atoms with Crippen LogP contribution in [0, 0.1) is 0 Å². The predicted molar refractivity (Wildman–Crippen MR) is 80.8 cm³/mol. The summed E-state index contributed by atoms with van der Waals surface area (Å²) < 4.78 is 6.04. The number of nitrogens with zero attached hydrogens (tertiary/aromatic N) is 1. The first-order valence-electron chi connectivity index (χ1n) is 5.29. The zero-order valence-electron chi connectivity index (χ0n) is 9.77. The number of halogens is 3. The summed E-state index contributed by atoms with van der Waals surface area (Å²) >= 11 is 12.3. The number of esters is 2. The molecule has 2 rings (SSSR count). The molecule has 0 aliphatic carbocycles. The maximum absolute atomic E-state index is 11.9. The second-order valence-corrected chi connectivity index (χ2v) is 5.93. The molecule has 4 nitrogen and oxygen atoms in total. The lowest BCUT2D eigenvalue weighted by Gasteiger charge is -2.05. The summed E-state index contributed by atoms with van der Waals surface area (Å²) in [4.78, 5) is 27.5. The normalized spacial score (nSPS) is 10.2. The number of hydrogen-bond donors (Lipinski definition) is 0. The van der Waals surface area contributed by atoms with Crippen molar-refractivity contribution >= 4 is 55.4 Å². The number of ether oxygens (including phenoxy) is 1. The van der Waals surface area contributed by atoms with E-state index in [1.54, 1.807) is 6.07 Å². The molecule has 1 aromatic carbocycles. The Balaban J connectivity index is 2.19. The van der Waals surface area contributed by atoms with Crippen LogP contribution in [0.1, 0.15) is 20.7 Å². The Hall–Kier alpha value is -1.24. The smallest absolute Gasteiger partial charge is 0.347 e. The van der Waals surface area contributed by atoms with Crippen molar-refractivity contribution in [2.75, 3.05) is 0 Å². The van der Waals surface area contributed by atoms with Crippen LogP contribution in [0.5, 0.6) is 0 Å². The molecule has 0 fully saturated rings. The minimum absolute atomic E-state index is 0.109. The molecule has 0 atom stereocenters. The van der Waals surface area contributed by atoms with E-state index in [9.17, 15) is 9.59 Å². The fourth-order valence-corrected chi connectivity index (χ4v) is 2.30. The third kappa shape index (κ3) is 3.65. The molecule has 0 saturated carbocycles. The number of hydrogen-bond acceptors (Lipinski definition) is 4. The van der Waals surface area contributed by atoms with Gasteiger partial charge in [-0.15, -0.1) is 0 Å². The van der Waals surface area contributed by atoms with Gasteiger partial charge >= 0.3 is 11.9 Å². The van der Waals surface area contributed by atoms with Crippen molar-refractivity contribution in [2.45, 2.75) is 0 Å². The summed E-state index contributed by atoms with van der Waals surface area (Å²) in [6, 6.07) is 6.20. The van der Waals surface area contributed by atoms with E-state index in [2.05, 4.69) is 36.8 Å². The highest BCUT2D eigenvalue weighted by Crippen LogP contribution is 2.22. The van der Waals surface area contributed by atoms with Crippen LogP contribution in [0.3, 0.4) is 0 Å². The van der Waals surface area contributed by atoms with Crippen LogP contribution in [0.4, 0.5) is 0 Å². The average Bonchev–Trinajstić information content (AvgIpc) is 2.41. The maximum Gasteiger partial charge on any atom is 0.347 e. The molecule has 0 spiro atoms. The van der Waals surface area contributed by atoms with Crippen LogP contribution < -0.4 is 0 Å². The van der Waals surface area contributed by atoms with Gasteiger partial charge in [-0.3, -0.25) is 4.98 Å². The quantitative estimate of drug-likeness (QED) is 0.539. The molecular formula is C13H6Br2ClNO3. The summed E-state index contributed by atoms with van der Waals surface area (Å²) in [5.41, 5.74) is 0.274. The van der Waals surface area contributed by atoms with Crippen LogP contribution in [0.25, 0.3) is 0 Å². The summed E-state index contributed by atoms with van der Waals surface area (Å²) in [7, 11) is 0. The lowest BCUT2D eigenvalue weighted by atomic mass is 10.2. The highest BCUT2D eigenvalue weighted by Gasteiger charge is 2.18. The van der Waals surface area contributed by atoms with Crippen molar-refractivity contribution in [3.63, 3.8) is 0 Å². The van der Waals surface area contributed by atoms with Gasteiger partial charge < -0.3 is 4.74 Å². The average molecular weight is 419 g/mol. The Bertz CT molecular complexity index is 691. The topological polar surface area (TPSA) is 56.3 Å². The minimum Gasteiger partial charge on any atom is -0.386 e. The first-order valence-corrected chi connectivity index (χ1v) is 7.26. The molecule has 7 heteroatoms. The monoisotopic (exact) mass is 417 g/mol. The Morgan fingerprint density at radius 1 is 1.05 bits per heavy atom. The van der Waals surface area contributed by atoms with E-state index in [-0.39, 0.29) is 16.1 Å². The number of pyridine rings is 1. The van der Waals surface area contributed by atoms with Crippen LogP contribution >= 0.6 is 43.5 Å². The Kier molecular flexibility index (Phi) is 4.91. The number of aromatic nitrogens is 1. The highest BCUT2D eigenvalue weighted by molar-refractivity contribution is 9.10. The predicted octanol–water partition coefficient (Wildman–Crippen LogP) is 4.26. The van der Waals surface area contributed by atoms with Gasteiger partial charge in [-0.2, -0.15) is 0 Å². The summed E-state index contributed by atoms with van der Waals surface area (Å²) in [6.45, 7) is 0. The van der Waals surface area contributed by atoms with Crippen LogP contribution in [0.15, 0.2) is 45.6 Å². The number of rotatable bonds is 2. The minimum atomic E-state index is -0.818. The van der Waals surface area contributed by atoms with Crippen molar-refractivity contribution in [3.05, 3.63) is 61.8 Å². The molecule has 20 heavy (non-hydrogen) atoms. The molecule has 0 aliphatic heterocycles. The molecule has 0 amide bonds. The van der Waals surface area contributed by atoms with Gasteiger partial charge in [0.05, 0.1) is 16.1 Å². The molecular weight excluding hydrogens is 413 g/mol. The van der Waals surface area contributed by atoms with Gasteiger partial charge in [-0.05, 0) is 40.2 Å². The lowest BCUT2D eigenvalue weighted by Crippen LogP contribution is -2.13. The standard InChI is InChI=1S/C13H6Br2ClNO3/c14-8-1-2-11(16)10(4-8)13(19)20-12(18)7-3-9(15)6-17-5-7/h1-6H. The van der Waals surface area contributed by atoms with E-state index >= 15 is 0 Å². The molecule has 0 bridgehead atoms. The molecule has 0 N–H and O–H groups in total.